The second-order valence-corrected chi connectivity index (χ2v) is 6.77. The van der Waals surface area contributed by atoms with Crippen molar-refractivity contribution in [1.29, 1.82) is 0 Å². The molecule has 0 saturated heterocycles. The lowest BCUT2D eigenvalue weighted by Gasteiger charge is -2.30. The summed E-state index contributed by atoms with van der Waals surface area (Å²) in [5.74, 6) is 0. The molecule has 0 fully saturated rings. The minimum absolute atomic E-state index is 1.03. The van der Waals surface area contributed by atoms with Crippen LogP contribution in [0.1, 0.15) is 22.3 Å². The van der Waals surface area contributed by atoms with Crippen molar-refractivity contribution in [3.63, 3.8) is 0 Å². The molecule has 0 atom stereocenters. The number of quaternary nitrogens is 1. The first kappa shape index (κ1) is 17.2. The van der Waals surface area contributed by atoms with Gasteiger partial charge in [-0.3, -0.25) is 0 Å². The first-order valence-electron chi connectivity index (χ1n) is 8.27. The number of hydrogen-bond donors (Lipinski definition) is 0. The maximum Gasteiger partial charge on any atom is 0.0823 e. The molecule has 120 valence electrons. The van der Waals surface area contributed by atoms with Crippen molar-refractivity contribution in [3.05, 3.63) is 83.9 Å². The van der Waals surface area contributed by atoms with Crippen molar-refractivity contribution in [2.45, 2.75) is 12.8 Å². The monoisotopic (exact) mass is 306 g/mol. The van der Waals surface area contributed by atoms with E-state index in [1.807, 2.05) is 12.2 Å². The number of likely N-dealkylation sites (N-methyl/N-ethyl adjacent to an activating group) is 1. The van der Waals surface area contributed by atoms with Gasteiger partial charge in [0.25, 0.3) is 0 Å². The molecule has 0 aliphatic carbocycles. The standard InChI is InChI=1S/C22H28N/c1-5-19-7-11-21(12-8-19)15-17-23(3,4)18-16-22-13-9-20(6-2)10-14-22/h5-14H,1-2,15-18H2,3-4H3/q+1. The third-order valence-corrected chi connectivity index (χ3v) is 4.44. The van der Waals surface area contributed by atoms with E-state index >= 15 is 0 Å². The highest BCUT2D eigenvalue weighted by atomic mass is 15.3. The van der Waals surface area contributed by atoms with Crippen molar-refractivity contribution in [3.8, 4) is 0 Å². The first-order chi connectivity index (χ1) is 11.0. The van der Waals surface area contributed by atoms with E-state index in [0.717, 1.165) is 30.4 Å². The molecule has 0 aromatic heterocycles. The van der Waals surface area contributed by atoms with Crippen LogP contribution in [0.3, 0.4) is 0 Å². The smallest absolute Gasteiger partial charge is 0.0823 e. The minimum atomic E-state index is 1.03. The second-order valence-electron chi connectivity index (χ2n) is 6.77. The molecule has 2 aromatic rings. The Bertz CT molecular complexity index is 575. The molecule has 0 heterocycles. The Kier molecular flexibility index (Phi) is 5.95. The van der Waals surface area contributed by atoms with Gasteiger partial charge in [-0.05, 0) is 22.3 Å². The molecule has 2 rings (SSSR count). The van der Waals surface area contributed by atoms with Gasteiger partial charge in [-0.25, -0.2) is 0 Å². The van der Waals surface area contributed by atoms with Gasteiger partial charge < -0.3 is 4.48 Å². The Morgan fingerprint density at radius 1 is 0.696 bits per heavy atom. The van der Waals surface area contributed by atoms with Crippen LogP contribution in [-0.4, -0.2) is 31.7 Å². The summed E-state index contributed by atoms with van der Waals surface area (Å²) in [5, 5.41) is 0. The van der Waals surface area contributed by atoms with Gasteiger partial charge in [-0.2, -0.15) is 0 Å². The van der Waals surface area contributed by atoms with E-state index in [1.165, 1.54) is 22.3 Å². The summed E-state index contributed by atoms with van der Waals surface area (Å²) in [6.45, 7) is 9.90. The molecular formula is C22H28N+. The molecule has 1 heteroatoms. The number of benzene rings is 2. The average molecular weight is 306 g/mol. The molecule has 0 saturated carbocycles. The SMILES string of the molecule is C=Cc1ccc(CC[N+](C)(C)CCc2ccc(C=C)cc2)cc1. The van der Waals surface area contributed by atoms with Crippen molar-refractivity contribution < 1.29 is 4.48 Å². The largest absolute Gasteiger partial charge is 0.328 e. The summed E-state index contributed by atoms with van der Waals surface area (Å²) in [7, 11) is 4.63. The van der Waals surface area contributed by atoms with Gasteiger partial charge in [0.2, 0.25) is 0 Å². The number of nitrogens with zero attached hydrogens (tertiary/aromatic N) is 1. The van der Waals surface area contributed by atoms with E-state index in [1.54, 1.807) is 0 Å². The van der Waals surface area contributed by atoms with E-state index in [4.69, 9.17) is 0 Å². The third kappa shape index (κ3) is 5.54. The molecule has 0 aliphatic rings. The van der Waals surface area contributed by atoms with Crippen LogP contribution in [0.4, 0.5) is 0 Å². The predicted molar refractivity (Wildman–Crippen MR) is 102 cm³/mol. The first-order valence-corrected chi connectivity index (χ1v) is 8.27. The highest BCUT2D eigenvalue weighted by Crippen LogP contribution is 2.11. The zero-order valence-corrected chi connectivity index (χ0v) is 14.5. The normalized spacial score (nSPS) is 11.2. The third-order valence-electron chi connectivity index (χ3n) is 4.44. The van der Waals surface area contributed by atoms with Gasteiger partial charge in [0.15, 0.2) is 0 Å². The molecule has 0 aliphatic heterocycles. The Morgan fingerprint density at radius 2 is 1.04 bits per heavy atom. The lowest BCUT2D eigenvalue weighted by molar-refractivity contribution is -0.889. The molecule has 0 radical (unpaired) electrons. The Morgan fingerprint density at radius 3 is 1.35 bits per heavy atom. The van der Waals surface area contributed by atoms with Crippen molar-refractivity contribution in [1.82, 2.24) is 0 Å². The van der Waals surface area contributed by atoms with E-state index in [2.05, 4.69) is 75.8 Å². The molecular weight excluding hydrogens is 278 g/mol. The van der Waals surface area contributed by atoms with Crippen LogP contribution in [0.25, 0.3) is 12.2 Å². The van der Waals surface area contributed by atoms with Crippen LogP contribution in [0.15, 0.2) is 61.7 Å². The molecule has 0 bridgehead atoms. The van der Waals surface area contributed by atoms with Crippen molar-refractivity contribution >= 4 is 12.2 Å². The summed E-state index contributed by atoms with van der Waals surface area (Å²) in [5.41, 5.74) is 5.17. The van der Waals surface area contributed by atoms with Gasteiger partial charge >= 0.3 is 0 Å². The molecule has 2 aromatic carbocycles. The quantitative estimate of drug-likeness (QED) is 0.613. The predicted octanol–water partition coefficient (Wildman–Crippen LogP) is 4.83. The zero-order chi connectivity index (χ0) is 16.7. The van der Waals surface area contributed by atoms with Gasteiger partial charge in [0.1, 0.15) is 0 Å². The molecule has 0 amide bonds. The lowest BCUT2D eigenvalue weighted by atomic mass is 10.1. The molecule has 1 nitrogen and oxygen atoms in total. The summed E-state index contributed by atoms with van der Waals surface area (Å²) in [6.07, 6.45) is 6.00. The van der Waals surface area contributed by atoms with E-state index in [9.17, 15) is 0 Å². The van der Waals surface area contributed by atoms with E-state index in [0.29, 0.717) is 0 Å². The lowest BCUT2D eigenvalue weighted by Crippen LogP contribution is -2.42. The van der Waals surface area contributed by atoms with Crippen LogP contribution < -0.4 is 0 Å². The van der Waals surface area contributed by atoms with Crippen LogP contribution in [0.5, 0.6) is 0 Å². The van der Waals surface area contributed by atoms with Crippen molar-refractivity contribution in [2.24, 2.45) is 0 Å². The molecule has 23 heavy (non-hydrogen) atoms. The van der Waals surface area contributed by atoms with Crippen LogP contribution >= 0.6 is 0 Å². The summed E-state index contributed by atoms with van der Waals surface area (Å²) >= 11 is 0. The zero-order valence-electron chi connectivity index (χ0n) is 14.5. The van der Waals surface area contributed by atoms with Crippen LogP contribution in [0, 0.1) is 0 Å². The van der Waals surface area contributed by atoms with Gasteiger partial charge in [0.05, 0.1) is 27.2 Å². The highest BCUT2D eigenvalue weighted by molar-refractivity contribution is 5.47. The molecule has 0 N–H and O–H groups in total. The maximum atomic E-state index is 3.80. The van der Waals surface area contributed by atoms with E-state index in [-0.39, 0.29) is 0 Å². The average Bonchev–Trinajstić information content (AvgIpc) is 2.59. The van der Waals surface area contributed by atoms with Crippen LogP contribution in [-0.2, 0) is 12.8 Å². The Labute approximate surface area is 141 Å². The topological polar surface area (TPSA) is 0 Å². The Hall–Kier alpha value is -2.12. The minimum Gasteiger partial charge on any atom is -0.328 e. The maximum absolute atomic E-state index is 3.80. The summed E-state index contributed by atoms with van der Waals surface area (Å²) in [4.78, 5) is 0. The Balaban J connectivity index is 1.84. The van der Waals surface area contributed by atoms with Gasteiger partial charge in [-0.1, -0.05) is 73.8 Å². The van der Waals surface area contributed by atoms with Crippen LogP contribution in [0.2, 0.25) is 0 Å². The van der Waals surface area contributed by atoms with Crippen molar-refractivity contribution in [2.75, 3.05) is 27.2 Å². The summed E-state index contributed by atoms with van der Waals surface area (Å²) < 4.78 is 1.03. The fourth-order valence-electron chi connectivity index (χ4n) is 2.62. The second kappa shape index (κ2) is 7.94. The van der Waals surface area contributed by atoms with Gasteiger partial charge in [0, 0.05) is 12.8 Å². The fraction of sp³-hybridized carbons (Fsp3) is 0.273. The highest BCUT2D eigenvalue weighted by Gasteiger charge is 2.14. The van der Waals surface area contributed by atoms with Gasteiger partial charge in [-0.15, -0.1) is 0 Å². The molecule has 0 unspecified atom stereocenters. The number of hydrogen-bond acceptors (Lipinski definition) is 0. The fourth-order valence-corrected chi connectivity index (χ4v) is 2.62. The summed E-state index contributed by atoms with van der Waals surface area (Å²) in [6, 6.07) is 17.4. The number of rotatable bonds is 8. The van der Waals surface area contributed by atoms with E-state index < -0.39 is 0 Å². The molecule has 0 spiro atoms.